The lowest BCUT2D eigenvalue weighted by Gasteiger charge is -2.07. The number of amides is 3. The second-order valence-corrected chi connectivity index (χ2v) is 7.67. The van der Waals surface area contributed by atoms with Crippen LogP contribution in [-0.2, 0) is 0 Å². The highest BCUT2D eigenvalue weighted by Crippen LogP contribution is 2.29. The molecule has 0 unspecified atom stereocenters. The number of aryl methyl sites for hydroxylation is 1. The van der Waals surface area contributed by atoms with Crippen LogP contribution in [0.15, 0.2) is 42.5 Å². The van der Waals surface area contributed by atoms with E-state index in [2.05, 4.69) is 10.6 Å². The molecule has 4 N–H and O–H groups in total. The van der Waals surface area contributed by atoms with E-state index in [-0.39, 0.29) is 21.8 Å². The van der Waals surface area contributed by atoms with Crippen LogP contribution in [0.1, 0.15) is 36.0 Å². The van der Waals surface area contributed by atoms with E-state index >= 15 is 0 Å². The lowest BCUT2D eigenvalue weighted by atomic mass is 10.1. The van der Waals surface area contributed by atoms with E-state index in [0.29, 0.717) is 15.4 Å². The number of primary amides is 1. The SMILES string of the molecule is Cc1cc(NC(=O)c2ccc(F)cc2Cl)sc1C(=O)Nc1ccc(F)c(C(N)=O)c1. The Kier molecular flexibility index (Phi) is 6.14. The van der Waals surface area contributed by atoms with Crippen LogP contribution in [0.3, 0.4) is 0 Å². The van der Waals surface area contributed by atoms with Crippen molar-refractivity contribution >= 4 is 51.3 Å². The monoisotopic (exact) mass is 449 g/mol. The lowest BCUT2D eigenvalue weighted by molar-refractivity contribution is 0.0992. The maximum absolute atomic E-state index is 13.6. The largest absolute Gasteiger partial charge is 0.366 e. The first-order valence-electron chi connectivity index (χ1n) is 8.43. The highest BCUT2D eigenvalue weighted by atomic mass is 35.5. The average Bonchev–Trinajstić information content (AvgIpc) is 3.03. The fraction of sp³-hybridized carbons (Fsp3) is 0.0500. The summed E-state index contributed by atoms with van der Waals surface area (Å²) in [7, 11) is 0. The summed E-state index contributed by atoms with van der Waals surface area (Å²) in [5, 5.41) is 5.50. The molecular weight excluding hydrogens is 436 g/mol. The van der Waals surface area contributed by atoms with Gasteiger partial charge in [0.1, 0.15) is 11.6 Å². The van der Waals surface area contributed by atoms with Crippen molar-refractivity contribution in [3.8, 4) is 0 Å². The van der Waals surface area contributed by atoms with Gasteiger partial charge in [0, 0.05) is 5.69 Å². The third-order valence-corrected chi connectivity index (χ3v) is 5.49. The third-order valence-electron chi connectivity index (χ3n) is 4.03. The van der Waals surface area contributed by atoms with E-state index in [1.54, 1.807) is 13.0 Å². The predicted molar refractivity (Wildman–Crippen MR) is 111 cm³/mol. The number of carbonyl (C=O) groups is 3. The summed E-state index contributed by atoms with van der Waals surface area (Å²) >= 11 is 6.90. The molecule has 0 aliphatic carbocycles. The van der Waals surface area contributed by atoms with Gasteiger partial charge in [-0.2, -0.15) is 0 Å². The minimum Gasteiger partial charge on any atom is -0.366 e. The molecular formula is C20H14ClF2N3O3S. The van der Waals surface area contributed by atoms with Crippen LogP contribution < -0.4 is 16.4 Å². The van der Waals surface area contributed by atoms with Crippen molar-refractivity contribution in [1.82, 2.24) is 0 Å². The van der Waals surface area contributed by atoms with E-state index in [9.17, 15) is 23.2 Å². The second-order valence-electron chi connectivity index (χ2n) is 6.21. The van der Waals surface area contributed by atoms with E-state index < -0.39 is 29.4 Å². The van der Waals surface area contributed by atoms with Crippen LogP contribution >= 0.6 is 22.9 Å². The van der Waals surface area contributed by atoms with E-state index in [0.717, 1.165) is 35.6 Å². The Balaban J connectivity index is 1.77. The maximum Gasteiger partial charge on any atom is 0.266 e. The second kappa shape index (κ2) is 8.60. The molecule has 3 aromatic rings. The van der Waals surface area contributed by atoms with Crippen LogP contribution in [0, 0.1) is 18.6 Å². The summed E-state index contributed by atoms with van der Waals surface area (Å²) in [6.07, 6.45) is 0. The van der Waals surface area contributed by atoms with E-state index in [4.69, 9.17) is 17.3 Å². The summed E-state index contributed by atoms with van der Waals surface area (Å²) in [6.45, 7) is 1.67. The van der Waals surface area contributed by atoms with Crippen LogP contribution in [0.2, 0.25) is 5.02 Å². The zero-order valence-corrected chi connectivity index (χ0v) is 17.0. The molecule has 10 heteroatoms. The molecule has 1 aromatic heterocycles. The minimum atomic E-state index is -0.958. The Morgan fingerprint density at radius 1 is 0.967 bits per heavy atom. The van der Waals surface area contributed by atoms with Gasteiger partial charge in [-0.05, 0) is 55.0 Å². The van der Waals surface area contributed by atoms with Crippen molar-refractivity contribution < 1.29 is 23.2 Å². The zero-order chi connectivity index (χ0) is 22.0. The first-order valence-corrected chi connectivity index (χ1v) is 9.62. The number of nitrogens with one attached hydrogen (secondary N) is 2. The molecule has 0 fully saturated rings. The fourth-order valence-corrected chi connectivity index (χ4v) is 3.82. The van der Waals surface area contributed by atoms with E-state index in [1.165, 1.54) is 12.1 Å². The van der Waals surface area contributed by atoms with Gasteiger partial charge in [-0.15, -0.1) is 11.3 Å². The minimum absolute atomic E-state index is 0.0414. The van der Waals surface area contributed by atoms with Gasteiger partial charge in [-0.1, -0.05) is 11.6 Å². The Morgan fingerprint density at radius 3 is 2.37 bits per heavy atom. The van der Waals surface area contributed by atoms with Crippen molar-refractivity contribution in [3.05, 3.63) is 80.7 Å². The standard InChI is InChI=1S/C20H14ClF2N3O3S/c1-9-6-16(26-19(28)12-4-2-10(22)7-14(12)21)30-17(9)20(29)25-11-3-5-15(23)13(8-11)18(24)27/h2-8H,1H3,(H2,24,27)(H,25,29)(H,26,28). The molecule has 1 heterocycles. The van der Waals surface area contributed by atoms with Gasteiger partial charge in [0.05, 0.1) is 26.0 Å². The Labute approximate surface area is 178 Å². The number of benzene rings is 2. The van der Waals surface area contributed by atoms with Gasteiger partial charge in [0.2, 0.25) is 0 Å². The Bertz CT molecular complexity index is 1180. The van der Waals surface area contributed by atoms with Gasteiger partial charge >= 0.3 is 0 Å². The molecule has 3 rings (SSSR count). The van der Waals surface area contributed by atoms with Gasteiger partial charge in [0.15, 0.2) is 0 Å². The van der Waals surface area contributed by atoms with Crippen LogP contribution in [0.25, 0.3) is 0 Å². The molecule has 0 radical (unpaired) electrons. The summed E-state index contributed by atoms with van der Waals surface area (Å²) in [6, 6.07) is 8.44. The number of rotatable bonds is 5. The molecule has 3 amide bonds. The van der Waals surface area contributed by atoms with Crippen molar-refractivity contribution in [2.75, 3.05) is 10.6 Å². The van der Waals surface area contributed by atoms with Crippen LogP contribution in [0.5, 0.6) is 0 Å². The van der Waals surface area contributed by atoms with Gasteiger partial charge in [0.25, 0.3) is 17.7 Å². The number of hydrogen-bond donors (Lipinski definition) is 3. The van der Waals surface area contributed by atoms with E-state index in [1.807, 2.05) is 0 Å². The lowest BCUT2D eigenvalue weighted by Crippen LogP contribution is -2.15. The molecule has 0 aliphatic heterocycles. The van der Waals surface area contributed by atoms with Crippen molar-refractivity contribution in [2.45, 2.75) is 6.92 Å². The fourth-order valence-electron chi connectivity index (χ4n) is 2.60. The Morgan fingerprint density at radius 2 is 1.70 bits per heavy atom. The van der Waals surface area contributed by atoms with Gasteiger partial charge < -0.3 is 16.4 Å². The molecule has 154 valence electrons. The first kappa shape index (κ1) is 21.4. The smallest absolute Gasteiger partial charge is 0.266 e. The molecule has 0 spiro atoms. The number of thiophene rings is 1. The average molecular weight is 450 g/mol. The quantitative estimate of drug-likeness (QED) is 0.531. The number of carbonyl (C=O) groups excluding carboxylic acids is 3. The summed E-state index contributed by atoms with van der Waals surface area (Å²) in [5.74, 6) is -3.39. The normalized spacial score (nSPS) is 10.5. The summed E-state index contributed by atoms with van der Waals surface area (Å²) < 4.78 is 26.7. The molecule has 6 nitrogen and oxygen atoms in total. The van der Waals surface area contributed by atoms with Gasteiger partial charge in [-0.25, -0.2) is 8.78 Å². The molecule has 0 saturated heterocycles. The maximum atomic E-state index is 13.6. The van der Waals surface area contributed by atoms with Crippen LogP contribution in [-0.4, -0.2) is 17.7 Å². The highest BCUT2D eigenvalue weighted by molar-refractivity contribution is 7.18. The number of anilines is 2. The highest BCUT2D eigenvalue weighted by Gasteiger charge is 2.18. The molecule has 0 bridgehead atoms. The number of hydrogen-bond acceptors (Lipinski definition) is 4. The predicted octanol–water partition coefficient (Wildman–Crippen LogP) is 4.59. The van der Waals surface area contributed by atoms with Crippen molar-refractivity contribution in [1.29, 1.82) is 0 Å². The summed E-state index contributed by atoms with van der Waals surface area (Å²) in [4.78, 5) is 36.5. The zero-order valence-electron chi connectivity index (χ0n) is 15.4. The summed E-state index contributed by atoms with van der Waals surface area (Å²) in [5.41, 5.74) is 5.61. The molecule has 0 atom stereocenters. The molecule has 2 aromatic carbocycles. The van der Waals surface area contributed by atoms with Crippen molar-refractivity contribution in [2.24, 2.45) is 5.73 Å². The molecule has 0 aliphatic rings. The number of halogens is 3. The number of nitrogens with two attached hydrogens (primary N) is 1. The van der Waals surface area contributed by atoms with Crippen molar-refractivity contribution in [3.63, 3.8) is 0 Å². The van der Waals surface area contributed by atoms with Crippen LogP contribution in [0.4, 0.5) is 19.5 Å². The Hall–Kier alpha value is -3.30. The topological polar surface area (TPSA) is 101 Å². The molecule has 30 heavy (non-hydrogen) atoms. The third kappa shape index (κ3) is 4.64. The molecule has 0 saturated carbocycles. The first-order chi connectivity index (χ1) is 14.2. The van der Waals surface area contributed by atoms with Gasteiger partial charge in [-0.3, -0.25) is 14.4 Å².